The first-order chi connectivity index (χ1) is 24.4. The summed E-state index contributed by atoms with van der Waals surface area (Å²) in [7, 11) is 1.55. The highest BCUT2D eigenvalue weighted by Crippen LogP contribution is 2.57. The maximum Gasteiger partial charge on any atom is 0.313 e. The summed E-state index contributed by atoms with van der Waals surface area (Å²) in [5.41, 5.74) is 0.346. The number of nitrogens with zero attached hydrogens (tertiary/aromatic N) is 2. The largest absolute Gasteiger partial charge is 0.497 e. The van der Waals surface area contributed by atoms with Gasteiger partial charge in [0.15, 0.2) is 0 Å². The minimum Gasteiger partial charge on any atom is -0.497 e. The van der Waals surface area contributed by atoms with E-state index in [-0.39, 0.29) is 25.4 Å². The topological polar surface area (TPSA) is 135 Å². The molecule has 4 aliphatic rings. The molecule has 3 aromatic carbocycles. The van der Waals surface area contributed by atoms with Crippen molar-refractivity contribution in [1.29, 1.82) is 0 Å². The van der Waals surface area contributed by atoms with Crippen LogP contribution in [0.2, 0.25) is 0 Å². The Bertz CT molecular complexity index is 1800. The third-order valence-corrected chi connectivity index (χ3v) is 10.1. The number of ether oxygens (including phenoxy) is 3. The highest BCUT2D eigenvalue weighted by Gasteiger charge is 2.74. The molecule has 7 atom stereocenters. The Hall–Kier alpha value is -5.26. The summed E-state index contributed by atoms with van der Waals surface area (Å²) in [5.74, 6) is -3.41. The highest BCUT2D eigenvalue weighted by atomic mass is 16.6. The first kappa shape index (κ1) is 33.2. The van der Waals surface area contributed by atoms with E-state index >= 15 is 4.79 Å². The number of fused-ring (bicyclic) bond motifs is 2. The fourth-order valence-corrected chi connectivity index (χ4v) is 7.68. The van der Waals surface area contributed by atoms with Crippen LogP contribution in [0.1, 0.15) is 36.1 Å². The molecule has 2 fully saturated rings. The first-order valence-corrected chi connectivity index (χ1v) is 16.8. The van der Waals surface area contributed by atoms with E-state index in [2.05, 4.69) is 5.32 Å². The number of cyclic esters (lactones) is 1. The molecule has 3 amide bonds. The molecule has 50 heavy (non-hydrogen) atoms. The van der Waals surface area contributed by atoms with Crippen molar-refractivity contribution in [2.75, 3.05) is 31.7 Å². The molecule has 0 radical (unpaired) electrons. The monoisotopic (exact) mass is 677 g/mol. The minimum atomic E-state index is -1.51. The Morgan fingerprint density at radius 2 is 1.66 bits per heavy atom. The van der Waals surface area contributed by atoms with Crippen molar-refractivity contribution in [2.45, 2.75) is 42.7 Å². The number of likely N-dealkylation sites (tertiary alicyclic amines) is 1. The lowest BCUT2D eigenvalue weighted by molar-refractivity contribution is -0.160. The van der Waals surface area contributed by atoms with E-state index < -0.39 is 66.1 Å². The van der Waals surface area contributed by atoms with Gasteiger partial charge in [-0.2, -0.15) is 0 Å². The fourth-order valence-electron chi connectivity index (χ4n) is 7.68. The van der Waals surface area contributed by atoms with Crippen molar-refractivity contribution >= 4 is 29.4 Å². The maximum absolute atomic E-state index is 15.1. The van der Waals surface area contributed by atoms with E-state index in [1.165, 1.54) is 4.90 Å². The van der Waals surface area contributed by atoms with Gasteiger partial charge in [-0.15, -0.1) is 0 Å². The number of aliphatic hydroxyl groups is 1. The van der Waals surface area contributed by atoms with Crippen LogP contribution in [0.15, 0.2) is 109 Å². The second kappa shape index (κ2) is 13.9. The number of amides is 3. The predicted octanol–water partition coefficient (Wildman–Crippen LogP) is 3.66. The number of rotatable bonds is 6. The zero-order chi connectivity index (χ0) is 34.8. The number of allylic oxidation sites excluding steroid dienone is 1. The van der Waals surface area contributed by atoms with Crippen LogP contribution in [-0.4, -0.2) is 78.3 Å². The molecule has 0 saturated carbocycles. The molecular weight excluding hydrogens is 638 g/mol. The van der Waals surface area contributed by atoms with Crippen molar-refractivity contribution in [3.8, 4) is 5.75 Å². The molecular formula is C39H39N3O8. The second-order valence-electron chi connectivity index (χ2n) is 12.9. The van der Waals surface area contributed by atoms with Gasteiger partial charge in [0.05, 0.1) is 38.3 Å². The van der Waals surface area contributed by atoms with Gasteiger partial charge in [-0.05, 0) is 41.8 Å². The number of esters is 1. The Labute approximate surface area is 290 Å². The van der Waals surface area contributed by atoms with Crippen LogP contribution in [0.25, 0.3) is 0 Å². The lowest BCUT2D eigenvalue weighted by Crippen LogP contribution is -2.57. The number of hydrogen-bond donors (Lipinski definition) is 2. The number of aliphatic hydroxyl groups excluding tert-OH is 1. The summed E-state index contributed by atoms with van der Waals surface area (Å²) in [6.07, 6.45) is 6.05. The van der Waals surface area contributed by atoms with Crippen LogP contribution in [0.3, 0.4) is 0 Å². The van der Waals surface area contributed by atoms with E-state index in [0.29, 0.717) is 29.0 Å². The molecule has 0 aliphatic carbocycles. The molecule has 2 N–H and O–H groups in total. The summed E-state index contributed by atoms with van der Waals surface area (Å²) >= 11 is 0. The van der Waals surface area contributed by atoms with Crippen molar-refractivity contribution in [2.24, 2.45) is 11.8 Å². The van der Waals surface area contributed by atoms with E-state index in [0.717, 1.165) is 0 Å². The van der Waals surface area contributed by atoms with E-state index in [9.17, 15) is 19.5 Å². The molecule has 5 bridgehead atoms. The molecule has 258 valence electrons. The minimum absolute atomic E-state index is 0.0369. The quantitative estimate of drug-likeness (QED) is 0.298. The number of methoxy groups -OCH3 is 1. The molecule has 0 unspecified atom stereocenters. The lowest BCUT2D eigenvalue weighted by Gasteiger charge is -2.39. The second-order valence-corrected chi connectivity index (χ2v) is 12.9. The Kier molecular flexibility index (Phi) is 9.26. The van der Waals surface area contributed by atoms with E-state index in [1.54, 1.807) is 72.7 Å². The average molecular weight is 678 g/mol. The van der Waals surface area contributed by atoms with Gasteiger partial charge >= 0.3 is 5.97 Å². The molecule has 4 heterocycles. The summed E-state index contributed by atoms with van der Waals surface area (Å²) in [6, 6.07) is 23.0. The molecule has 3 aromatic rings. The van der Waals surface area contributed by atoms with Crippen LogP contribution >= 0.6 is 0 Å². The number of anilines is 1. The predicted molar refractivity (Wildman–Crippen MR) is 183 cm³/mol. The highest BCUT2D eigenvalue weighted by molar-refractivity contribution is 6.05. The zero-order valence-electron chi connectivity index (χ0n) is 27.6. The standard InChI is InChI=1S/C39H39N3O8/c1-48-28-18-16-27(17-19-28)41-22-10-4-9-15-32(44)40-23-31(26-13-7-3-8-14-26)49-38(47)33-30-20-21-39(50-30)34(33)36(45)42(35(39)37(41)46)29(24-43)25-11-5-2-6-12-25/h2-8,10-14,16-21,29-31,33-35,43H,9,15,22-24H2,1H3,(H,40,44)/b10-4-/t29-,30-,31-,33+,34+,35-,39+/m1/s1. The fraction of sp³-hybridized carbons (Fsp3) is 0.333. The van der Waals surface area contributed by atoms with Crippen molar-refractivity contribution < 1.29 is 38.5 Å². The van der Waals surface area contributed by atoms with Gasteiger partial charge in [0.25, 0.3) is 5.91 Å². The molecule has 1 spiro atoms. The summed E-state index contributed by atoms with van der Waals surface area (Å²) < 4.78 is 18.1. The Morgan fingerprint density at radius 3 is 2.36 bits per heavy atom. The lowest BCUT2D eigenvalue weighted by atomic mass is 9.74. The normalized spacial score (nSPS) is 29.4. The van der Waals surface area contributed by atoms with Crippen LogP contribution in [-0.2, 0) is 28.7 Å². The van der Waals surface area contributed by atoms with Crippen molar-refractivity contribution in [3.63, 3.8) is 0 Å². The number of benzene rings is 3. The van der Waals surface area contributed by atoms with Gasteiger partial charge < -0.3 is 34.4 Å². The smallest absolute Gasteiger partial charge is 0.313 e. The van der Waals surface area contributed by atoms with Gasteiger partial charge in [0.1, 0.15) is 29.4 Å². The first-order valence-electron chi connectivity index (χ1n) is 16.8. The van der Waals surface area contributed by atoms with Crippen molar-refractivity contribution in [3.05, 3.63) is 120 Å². The Morgan fingerprint density at radius 1 is 0.940 bits per heavy atom. The summed E-state index contributed by atoms with van der Waals surface area (Å²) in [4.78, 5) is 60.1. The molecule has 7 rings (SSSR count). The van der Waals surface area contributed by atoms with Gasteiger partial charge in [-0.3, -0.25) is 19.2 Å². The zero-order valence-corrected chi connectivity index (χ0v) is 27.6. The van der Waals surface area contributed by atoms with Gasteiger partial charge in [0.2, 0.25) is 11.8 Å². The van der Waals surface area contributed by atoms with Crippen LogP contribution < -0.4 is 15.0 Å². The van der Waals surface area contributed by atoms with E-state index in [1.807, 2.05) is 48.6 Å². The molecule has 2 saturated heterocycles. The van der Waals surface area contributed by atoms with Gasteiger partial charge in [-0.25, -0.2) is 0 Å². The summed E-state index contributed by atoms with van der Waals surface area (Å²) in [5, 5.41) is 13.7. The molecule has 0 aromatic heterocycles. The SMILES string of the molecule is COc1ccc(N2C/C=C\CCC(=O)NC[C@H](c3ccccc3)OC(=O)[C@@H]3[C@H]4C(=O)N([C@H](CO)c5ccccc5)[C@H](C2=O)[C@]42C=C[C@H]3O2)cc1. The number of nitrogens with one attached hydrogen (secondary N) is 1. The van der Waals surface area contributed by atoms with Crippen LogP contribution in [0, 0.1) is 11.8 Å². The van der Waals surface area contributed by atoms with E-state index in [4.69, 9.17) is 14.2 Å². The van der Waals surface area contributed by atoms with Gasteiger partial charge in [-0.1, -0.05) is 85.0 Å². The van der Waals surface area contributed by atoms with Gasteiger partial charge in [0, 0.05) is 18.7 Å². The molecule has 11 nitrogen and oxygen atoms in total. The average Bonchev–Trinajstić information content (AvgIpc) is 3.79. The number of carbonyl (C=O) groups excluding carboxylic acids is 4. The number of hydrogen-bond acceptors (Lipinski definition) is 8. The van der Waals surface area contributed by atoms with Crippen LogP contribution in [0.5, 0.6) is 5.75 Å². The summed E-state index contributed by atoms with van der Waals surface area (Å²) in [6.45, 7) is -0.312. The molecule has 4 aliphatic heterocycles. The molecule has 11 heteroatoms. The Balaban J connectivity index is 1.35. The third kappa shape index (κ3) is 5.86. The van der Waals surface area contributed by atoms with Crippen molar-refractivity contribution in [1.82, 2.24) is 10.2 Å². The number of carbonyl (C=O) groups is 4. The van der Waals surface area contributed by atoms with Crippen LogP contribution in [0.4, 0.5) is 5.69 Å². The maximum atomic E-state index is 15.1. The third-order valence-electron chi connectivity index (χ3n) is 10.1.